The molecule has 0 radical (unpaired) electrons. The Bertz CT molecular complexity index is 423. The number of esters is 1. The van der Waals surface area contributed by atoms with E-state index in [1.165, 1.54) is 11.4 Å². The number of ether oxygens (including phenoxy) is 1. The van der Waals surface area contributed by atoms with E-state index in [4.69, 9.17) is 4.74 Å². The summed E-state index contributed by atoms with van der Waals surface area (Å²) in [4.78, 5) is 11.9. The second kappa shape index (κ2) is 6.46. The number of carbonyl (C=O) groups excluding carboxylic acids is 1. The Morgan fingerprint density at radius 1 is 1.42 bits per heavy atom. The summed E-state index contributed by atoms with van der Waals surface area (Å²) in [6.07, 6.45) is 2.47. The first-order chi connectivity index (χ1) is 9.10. The quantitative estimate of drug-likeness (QED) is 0.743. The Kier molecular flexibility index (Phi) is 4.91. The average Bonchev–Trinajstić information content (AvgIpc) is 2.87. The van der Waals surface area contributed by atoms with Crippen LogP contribution in [0.2, 0.25) is 0 Å². The van der Waals surface area contributed by atoms with Gasteiger partial charge in [-0.25, -0.2) is 8.78 Å². The lowest BCUT2D eigenvalue weighted by atomic mass is 9.81. The molecule has 1 aliphatic carbocycles. The topological polar surface area (TPSA) is 26.3 Å². The van der Waals surface area contributed by atoms with Crippen LogP contribution in [0, 0.1) is 11.8 Å². The number of hydrogen-bond donors (Lipinski definition) is 0. The zero-order valence-electron chi connectivity index (χ0n) is 10.9. The van der Waals surface area contributed by atoms with Crippen LogP contribution in [-0.4, -0.2) is 5.97 Å². The molecule has 1 fully saturated rings. The number of carbonyl (C=O) groups is 1. The molecule has 19 heavy (non-hydrogen) atoms. The molecule has 0 N–H and O–H groups in total. The molecule has 1 aromatic heterocycles. The maximum absolute atomic E-state index is 12.4. The molecule has 106 valence electrons. The van der Waals surface area contributed by atoms with Crippen molar-refractivity contribution in [1.82, 2.24) is 0 Å². The third-order valence-corrected chi connectivity index (χ3v) is 4.63. The van der Waals surface area contributed by atoms with Crippen molar-refractivity contribution in [2.24, 2.45) is 11.8 Å². The summed E-state index contributed by atoms with van der Waals surface area (Å²) in [5.41, 5.74) is -0.0810. The minimum atomic E-state index is -2.51. The SMILES string of the molecule is CC[C@H]1CC[C@H](C(=O)Oc2cc(C(F)F)cs2)CC1. The molecule has 1 aromatic rings. The lowest BCUT2D eigenvalue weighted by molar-refractivity contribution is -0.140. The van der Waals surface area contributed by atoms with E-state index in [0.717, 1.165) is 49.4 Å². The highest BCUT2D eigenvalue weighted by molar-refractivity contribution is 7.12. The summed E-state index contributed by atoms with van der Waals surface area (Å²) in [6.45, 7) is 2.17. The predicted octanol–water partition coefficient (Wildman–Crippen LogP) is 4.81. The van der Waals surface area contributed by atoms with E-state index < -0.39 is 6.43 Å². The van der Waals surface area contributed by atoms with Gasteiger partial charge >= 0.3 is 5.97 Å². The summed E-state index contributed by atoms with van der Waals surface area (Å²) in [7, 11) is 0. The molecule has 0 bridgehead atoms. The van der Waals surface area contributed by atoms with E-state index in [9.17, 15) is 13.6 Å². The van der Waals surface area contributed by atoms with Gasteiger partial charge in [-0.1, -0.05) is 13.3 Å². The van der Waals surface area contributed by atoms with Crippen LogP contribution in [0.5, 0.6) is 5.06 Å². The lowest BCUT2D eigenvalue weighted by Gasteiger charge is -2.25. The number of rotatable bonds is 4. The van der Waals surface area contributed by atoms with Crippen molar-refractivity contribution in [3.63, 3.8) is 0 Å². The van der Waals surface area contributed by atoms with Gasteiger partial charge in [-0.15, -0.1) is 11.3 Å². The van der Waals surface area contributed by atoms with Crippen molar-refractivity contribution >= 4 is 17.3 Å². The van der Waals surface area contributed by atoms with Gasteiger partial charge in [0.05, 0.1) is 5.92 Å². The van der Waals surface area contributed by atoms with Crippen LogP contribution < -0.4 is 4.74 Å². The number of halogens is 2. The maximum atomic E-state index is 12.4. The normalized spacial score (nSPS) is 23.6. The van der Waals surface area contributed by atoms with Crippen molar-refractivity contribution in [2.75, 3.05) is 0 Å². The van der Waals surface area contributed by atoms with Gasteiger partial charge in [0, 0.05) is 17.0 Å². The van der Waals surface area contributed by atoms with Crippen molar-refractivity contribution in [2.45, 2.75) is 45.5 Å². The van der Waals surface area contributed by atoms with Crippen molar-refractivity contribution < 1.29 is 18.3 Å². The first-order valence-electron chi connectivity index (χ1n) is 6.68. The monoisotopic (exact) mass is 288 g/mol. The third kappa shape index (κ3) is 3.75. The highest BCUT2D eigenvalue weighted by atomic mass is 32.1. The highest BCUT2D eigenvalue weighted by Gasteiger charge is 2.27. The Balaban J connectivity index is 1.87. The smallest absolute Gasteiger partial charge is 0.315 e. The van der Waals surface area contributed by atoms with Crippen LogP contribution in [-0.2, 0) is 4.79 Å². The summed E-state index contributed by atoms with van der Waals surface area (Å²) in [5, 5.41) is 1.61. The number of hydrogen-bond acceptors (Lipinski definition) is 3. The minimum absolute atomic E-state index is 0.0695. The number of thiophene rings is 1. The van der Waals surface area contributed by atoms with E-state index >= 15 is 0 Å². The summed E-state index contributed by atoms with van der Waals surface area (Å²) < 4.78 is 30.0. The fourth-order valence-electron chi connectivity index (χ4n) is 2.49. The van der Waals surface area contributed by atoms with Crippen molar-refractivity contribution in [1.29, 1.82) is 0 Å². The molecule has 5 heteroatoms. The van der Waals surface area contributed by atoms with E-state index in [2.05, 4.69) is 6.92 Å². The first-order valence-corrected chi connectivity index (χ1v) is 7.56. The van der Waals surface area contributed by atoms with Gasteiger partial charge in [0.15, 0.2) is 5.06 Å². The van der Waals surface area contributed by atoms with Gasteiger partial charge in [-0.05, 0) is 31.6 Å². The standard InChI is InChI=1S/C14H18F2O2S/c1-2-9-3-5-10(6-4-9)14(17)18-12-7-11(8-19-12)13(15)16/h7-10,13H,2-6H2,1H3/t9-,10-. The molecule has 2 nitrogen and oxygen atoms in total. The van der Waals surface area contributed by atoms with E-state index in [-0.39, 0.29) is 22.5 Å². The molecule has 0 amide bonds. The third-order valence-electron chi connectivity index (χ3n) is 3.81. The average molecular weight is 288 g/mol. The van der Waals surface area contributed by atoms with Gasteiger partial charge in [0.25, 0.3) is 6.43 Å². The first kappa shape index (κ1) is 14.4. The molecule has 0 unspecified atom stereocenters. The molecule has 1 aliphatic rings. The molecule has 0 spiro atoms. The van der Waals surface area contributed by atoms with Gasteiger partial charge in [0.1, 0.15) is 0 Å². The molecule has 1 saturated carbocycles. The van der Waals surface area contributed by atoms with Crippen LogP contribution in [0.4, 0.5) is 8.78 Å². The Morgan fingerprint density at radius 3 is 2.63 bits per heavy atom. The van der Waals surface area contributed by atoms with Crippen molar-refractivity contribution in [3.05, 3.63) is 17.0 Å². The van der Waals surface area contributed by atoms with Gasteiger partial charge in [0.2, 0.25) is 0 Å². The second-order valence-electron chi connectivity index (χ2n) is 5.05. The van der Waals surface area contributed by atoms with Crippen LogP contribution in [0.25, 0.3) is 0 Å². The van der Waals surface area contributed by atoms with Gasteiger partial charge in [-0.3, -0.25) is 4.79 Å². The Labute approximate surface area is 115 Å². The van der Waals surface area contributed by atoms with Gasteiger partial charge in [-0.2, -0.15) is 0 Å². The Morgan fingerprint density at radius 2 is 2.11 bits per heavy atom. The van der Waals surface area contributed by atoms with Gasteiger partial charge < -0.3 is 4.74 Å². The molecule has 0 aromatic carbocycles. The zero-order valence-corrected chi connectivity index (χ0v) is 11.7. The molecule has 0 saturated heterocycles. The molecule has 2 rings (SSSR count). The fourth-order valence-corrected chi connectivity index (χ4v) is 3.24. The minimum Gasteiger partial charge on any atom is -0.415 e. The second-order valence-corrected chi connectivity index (χ2v) is 5.92. The summed E-state index contributed by atoms with van der Waals surface area (Å²) >= 11 is 1.05. The fraction of sp³-hybridized carbons (Fsp3) is 0.643. The maximum Gasteiger partial charge on any atom is 0.315 e. The van der Waals surface area contributed by atoms with E-state index in [1.54, 1.807) is 0 Å². The highest BCUT2D eigenvalue weighted by Crippen LogP contribution is 2.34. The summed E-state index contributed by atoms with van der Waals surface area (Å²) in [6, 6.07) is 1.25. The summed E-state index contributed by atoms with van der Waals surface area (Å²) in [5.74, 6) is 0.383. The molecule has 1 heterocycles. The number of alkyl halides is 2. The van der Waals surface area contributed by atoms with Crippen LogP contribution >= 0.6 is 11.3 Å². The van der Waals surface area contributed by atoms with Crippen LogP contribution in [0.15, 0.2) is 11.4 Å². The van der Waals surface area contributed by atoms with Crippen LogP contribution in [0.3, 0.4) is 0 Å². The zero-order chi connectivity index (χ0) is 13.8. The predicted molar refractivity (Wildman–Crippen MR) is 70.7 cm³/mol. The molecule has 0 aliphatic heterocycles. The Hall–Kier alpha value is -0.970. The molecule has 0 atom stereocenters. The molecular weight excluding hydrogens is 270 g/mol. The molecular formula is C14H18F2O2S. The lowest BCUT2D eigenvalue weighted by Crippen LogP contribution is -2.25. The van der Waals surface area contributed by atoms with Crippen molar-refractivity contribution in [3.8, 4) is 5.06 Å². The van der Waals surface area contributed by atoms with Crippen LogP contribution in [0.1, 0.15) is 51.0 Å². The van der Waals surface area contributed by atoms with E-state index in [0.29, 0.717) is 0 Å². The van der Waals surface area contributed by atoms with E-state index in [1.807, 2.05) is 0 Å². The largest absolute Gasteiger partial charge is 0.415 e.